The molecule has 0 spiro atoms. The van der Waals surface area contributed by atoms with Crippen molar-refractivity contribution in [1.29, 1.82) is 0 Å². The van der Waals surface area contributed by atoms with Gasteiger partial charge in [0.1, 0.15) is 0 Å². The fourth-order valence-electron chi connectivity index (χ4n) is 4.69. The number of benzene rings is 1. The molecule has 7 nitrogen and oxygen atoms in total. The molecule has 0 bridgehead atoms. The minimum Gasteiger partial charge on any atom is -0.336 e. The van der Waals surface area contributed by atoms with Crippen LogP contribution in [0.4, 0.5) is 15.9 Å². The number of hydrogen-bond donors (Lipinski definition) is 3. The van der Waals surface area contributed by atoms with E-state index in [1.165, 1.54) is 17.7 Å². The molecule has 168 valence electrons. The van der Waals surface area contributed by atoms with Crippen LogP contribution in [0.5, 0.6) is 0 Å². The van der Waals surface area contributed by atoms with Gasteiger partial charge in [-0.25, -0.2) is 17.5 Å². The van der Waals surface area contributed by atoms with Gasteiger partial charge in [-0.05, 0) is 55.0 Å². The highest BCUT2D eigenvalue weighted by molar-refractivity contribution is 7.89. The Labute approximate surface area is 186 Å². The number of pyridine rings is 1. The smallest absolute Gasteiger partial charge is 0.241 e. The zero-order valence-corrected chi connectivity index (χ0v) is 18.8. The first kappa shape index (κ1) is 21.1. The van der Waals surface area contributed by atoms with Crippen LogP contribution in [0.25, 0.3) is 0 Å². The van der Waals surface area contributed by atoms with Crippen LogP contribution in [0.2, 0.25) is 0 Å². The van der Waals surface area contributed by atoms with Crippen molar-refractivity contribution in [2.45, 2.75) is 62.3 Å². The summed E-state index contributed by atoms with van der Waals surface area (Å²) in [6.07, 6.45) is 5.01. The first-order chi connectivity index (χ1) is 15.3. The van der Waals surface area contributed by atoms with E-state index < -0.39 is 15.8 Å². The van der Waals surface area contributed by atoms with Gasteiger partial charge in [0, 0.05) is 47.6 Å². The van der Waals surface area contributed by atoms with E-state index in [4.69, 9.17) is 0 Å². The van der Waals surface area contributed by atoms with Crippen molar-refractivity contribution in [1.82, 2.24) is 19.9 Å². The van der Waals surface area contributed by atoms with Gasteiger partial charge < -0.3 is 5.32 Å². The zero-order chi connectivity index (χ0) is 22.5. The van der Waals surface area contributed by atoms with Crippen molar-refractivity contribution in [3.8, 4) is 0 Å². The maximum atomic E-state index is 14.8. The maximum Gasteiger partial charge on any atom is 0.241 e. The Morgan fingerprint density at radius 3 is 2.78 bits per heavy atom. The molecular formula is C23H26FN5O2S. The summed E-state index contributed by atoms with van der Waals surface area (Å²) in [4.78, 5) is 4.61. The Kier molecular flexibility index (Phi) is 5.25. The molecule has 0 radical (unpaired) electrons. The first-order valence-electron chi connectivity index (χ1n) is 10.9. The normalized spacial score (nSPS) is 21.8. The second-order valence-corrected chi connectivity index (χ2v) is 10.7. The third kappa shape index (κ3) is 3.80. The Hall–Kier alpha value is -2.78. The quantitative estimate of drug-likeness (QED) is 0.520. The van der Waals surface area contributed by atoms with Gasteiger partial charge in [-0.2, -0.15) is 5.10 Å². The lowest BCUT2D eigenvalue weighted by Gasteiger charge is -2.12. The van der Waals surface area contributed by atoms with E-state index in [0.717, 1.165) is 30.7 Å². The van der Waals surface area contributed by atoms with Crippen molar-refractivity contribution in [3.63, 3.8) is 0 Å². The van der Waals surface area contributed by atoms with E-state index in [1.54, 1.807) is 0 Å². The lowest BCUT2D eigenvalue weighted by atomic mass is 9.96. The van der Waals surface area contributed by atoms with Gasteiger partial charge >= 0.3 is 0 Å². The molecule has 2 atom stereocenters. The van der Waals surface area contributed by atoms with E-state index in [2.05, 4.69) is 51.2 Å². The molecule has 0 saturated heterocycles. The van der Waals surface area contributed by atoms with Gasteiger partial charge in [0.15, 0.2) is 11.6 Å². The summed E-state index contributed by atoms with van der Waals surface area (Å²) in [5, 5.41) is 10.4. The topological polar surface area (TPSA) is 99.8 Å². The fraction of sp³-hybridized carbons (Fsp3) is 0.391. The Balaban J connectivity index is 1.30. The molecule has 32 heavy (non-hydrogen) atoms. The second-order valence-electron chi connectivity index (χ2n) is 8.94. The highest BCUT2D eigenvalue weighted by Gasteiger charge is 2.31. The molecule has 1 aliphatic heterocycles. The van der Waals surface area contributed by atoms with Gasteiger partial charge in [0.05, 0.1) is 10.6 Å². The molecule has 9 heteroatoms. The van der Waals surface area contributed by atoms with Crippen LogP contribution in [0.15, 0.2) is 41.4 Å². The lowest BCUT2D eigenvalue weighted by molar-refractivity contribution is 0.589. The Morgan fingerprint density at radius 1 is 1.16 bits per heavy atom. The third-order valence-corrected chi connectivity index (χ3v) is 8.04. The zero-order valence-electron chi connectivity index (χ0n) is 18.0. The van der Waals surface area contributed by atoms with Gasteiger partial charge in [-0.15, -0.1) is 0 Å². The molecule has 3 aromatic rings. The average molecular weight is 456 g/mol. The summed E-state index contributed by atoms with van der Waals surface area (Å²) in [6.45, 7) is 4.34. The summed E-state index contributed by atoms with van der Waals surface area (Å²) >= 11 is 0. The fourth-order valence-corrected chi connectivity index (χ4v) is 5.91. The summed E-state index contributed by atoms with van der Waals surface area (Å²) in [7, 11) is -3.61. The van der Waals surface area contributed by atoms with Crippen molar-refractivity contribution in [2.75, 3.05) is 5.32 Å². The number of sulfonamides is 1. The summed E-state index contributed by atoms with van der Waals surface area (Å²) in [5.74, 6) is 1.17. The van der Waals surface area contributed by atoms with Crippen LogP contribution < -0.4 is 10.0 Å². The number of anilines is 2. The number of rotatable bonds is 5. The number of aromatic nitrogens is 3. The van der Waals surface area contributed by atoms with E-state index in [1.807, 2.05) is 12.3 Å². The Bertz CT molecular complexity index is 1270. The first-order valence-corrected chi connectivity index (χ1v) is 12.4. The van der Waals surface area contributed by atoms with Crippen LogP contribution in [0, 0.1) is 5.82 Å². The highest BCUT2D eigenvalue weighted by atomic mass is 32.2. The van der Waals surface area contributed by atoms with Crippen LogP contribution in [-0.2, 0) is 16.6 Å². The molecule has 2 aliphatic rings. The average Bonchev–Trinajstić information content (AvgIpc) is 3.49. The van der Waals surface area contributed by atoms with Gasteiger partial charge in [0.2, 0.25) is 10.0 Å². The molecule has 1 saturated carbocycles. The molecule has 2 unspecified atom stereocenters. The van der Waals surface area contributed by atoms with Crippen LogP contribution >= 0.6 is 0 Å². The SMILES string of the molecule is CC(C)c1ccnc(C2CCC(c3cc(Nc4ccc5c(c4F)CNS5(=O)=O)n[nH]3)C2)c1. The molecule has 1 aromatic carbocycles. The third-order valence-electron chi connectivity index (χ3n) is 6.55. The molecule has 5 rings (SSSR count). The molecule has 3 heterocycles. The second kappa shape index (κ2) is 7.97. The van der Waals surface area contributed by atoms with E-state index in [9.17, 15) is 12.8 Å². The number of fused-ring (bicyclic) bond motifs is 1. The molecular weight excluding hydrogens is 429 g/mol. The van der Waals surface area contributed by atoms with Gasteiger partial charge in [-0.3, -0.25) is 10.1 Å². The van der Waals surface area contributed by atoms with Gasteiger partial charge in [-0.1, -0.05) is 13.8 Å². The standard InChI is InChI=1S/C23H26FN5O2S/c1-13(2)14-7-8-25-19(10-14)15-3-4-16(9-15)20-11-22(29-28-20)27-18-5-6-21-17(23(18)24)12-26-32(21,30)31/h5-8,10-11,13,15-16,26H,3-4,9,12H2,1-2H3,(H2,27,28,29). The molecule has 2 aromatic heterocycles. The number of hydrogen-bond acceptors (Lipinski definition) is 5. The maximum absolute atomic E-state index is 14.8. The minimum atomic E-state index is -3.61. The summed E-state index contributed by atoms with van der Waals surface area (Å²) in [6, 6.07) is 9.07. The summed E-state index contributed by atoms with van der Waals surface area (Å²) in [5.41, 5.74) is 3.84. The van der Waals surface area contributed by atoms with E-state index >= 15 is 0 Å². The predicted octanol–water partition coefficient (Wildman–Crippen LogP) is 4.65. The summed E-state index contributed by atoms with van der Waals surface area (Å²) < 4.78 is 40.9. The Morgan fingerprint density at radius 2 is 1.97 bits per heavy atom. The number of H-pyrrole nitrogens is 1. The van der Waals surface area contributed by atoms with Crippen LogP contribution in [0.1, 0.15) is 73.4 Å². The number of nitrogens with one attached hydrogen (secondary N) is 3. The number of aromatic amines is 1. The van der Waals surface area contributed by atoms with E-state index in [-0.39, 0.29) is 22.7 Å². The minimum absolute atomic E-state index is 0.00425. The number of nitrogens with zero attached hydrogens (tertiary/aromatic N) is 2. The van der Waals surface area contributed by atoms with Crippen molar-refractivity contribution < 1.29 is 12.8 Å². The number of halogens is 1. The van der Waals surface area contributed by atoms with Crippen molar-refractivity contribution in [3.05, 3.63) is 64.9 Å². The molecule has 3 N–H and O–H groups in total. The largest absolute Gasteiger partial charge is 0.336 e. The highest BCUT2D eigenvalue weighted by Crippen LogP contribution is 2.43. The van der Waals surface area contributed by atoms with Crippen molar-refractivity contribution >= 4 is 21.5 Å². The van der Waals surface area contributed by atoms with Crippen LogP contribution in [0.3, 0.4) is 0 Å². The van der Waals surface area contributed by atoms with E-state index in [0.29, 0.717) is 23.6 Å². The predicted molar refractivity (Wildman–Crippen MR) is 120 cm³/mol. The molecule has 0 amide bonds. The van der Waals surface area contributed by atoms with Crippen molar-refractivity contribution in [2.24, 2.45) is 0 Å². The molecule has 1 aliphatic carbocycles. The monoisotopic (exact) mass is 455 g/mol. The van der Waals surface area contributed by atoms with Gasteiger partial charge in [0.25, 0.3) is 0 Å². The molecule has 1 fully saturated rings. The lowest BCUT2D eigenvalue weighted by Crippen LogP contribution is -2.13. The van der Waals surface area contributed by atoms with Crippen LogP contribution in [-0.4, -0.2) is 23.6 Å².